The van der Waals surface area contributed by atoms with Crippen molar-refractivity contribution < 1.29 is 17.6 Å². The number of nitrogens with zero attached hydrogens (tertiary/aromatic N) is 4. The highest BCUT2D eigenvalue weighted by atomic mass is 32.2. The minimum atomic E-state index is -3.45. The zero-order chi connectivity index (χ0) is 22.0. The normalized spacial score (nSPS) is 20.6. The highest BCUT2D eigenvalue weighted by Crippen LogP contribution is 2.35. The summed E-state index contributed by atoms with van der Waals surface area (Å²) in [5, 5.41) is 6.13. The summed E-state index contributed by atoms with van der Waals surface area (Å²) in [4.78, 5) is 17.6. The number of piperazine rings is 1. The van der Waals surface area contributed by atoms with E-state index in [1.54, 1.807) is 30.5 Å². The lowest BCUT2D eigenvalue weighted by Crippen LogP contribution is -2.48. The van der Waals surface area contributed by atoms with E-state index in [-0.39, 0.29) is 18.5 Å². The second-order valence-corrected chi connectivity index (χ2v) is 9.77. The van der Waals surface area contributed by atoms with Gasteiger partial charge in [-0.15, -0.1) is 0 Å². The van der Waals surface area contributed by atoms with E-state index in [2.05, 4.69) is 26.7 Å². The number of nitrogens with one attached hydrogen (secondary N) is 1. The van der Waals surface area contributed by atoms with Crippen LogP contribution in [0.25, 0.3) is 0 Å². The topological polar surface area (TPSA) is 98.5 Å². The molecule has 10 heteroatoms. The summed E-state index contributed by atoms with van der Waals surface area (Å²) in [6.45, 7) is 3.80. The molecule has 1 amide bonds. The summed E-state index contributed by atoms with van der Waals surface area (Å²) in [5.74, 6) is 0.550. The van der Waals surface area contributed by atoms with Gasteiger partial charge in [0.1, 0.15) is 11.8 Å². The van der Waals surface area contributed by atoms with Crippen LogP contribution in [-0.4, -0.2) is 80.9 Å². The molecule has 1 saturated heterocycles. The molecule has 1 fully saturated rings. The standard InChI is InChI=1S/C21H27N5O4S/c1-24-9-11-25(12-10-24)15-21(27)26-19(20-8-5-13-30-20)14-18(22-26)16-6-3-4-7-17(16)23-31(2,28)29/h3-8,13,19,23H,9-12,14-15H2,1-2H3. The summed E-state index contributed by atoms with van der Waals surface area (Å²) in [6.07, 6.45) is 3.12. The van der Waals surface area contributed by atoms with Gasteiger partial charge in [0.05, 0.1) is 30.5 Å². The third-order valence-corrected chi connectivity index (χ3v) is 6.12. The molecule has 0 radical (unpaired) electrons. The van der Waals surface area contributed by atoms with Gasteiger partial charge in [-0.3, -0.25) is 14.4 Å². The van der Waals surface area contributed by atoms with Crippen molar-refractivity contribution in [2.24, 2.45) is 5.10 Å². The molecule has 31 heavy (non-hydrogen) atoms. The third-order valence-electron chi connectivity index (χ3n) is 5.53. The third kappa shape index (κ3) is 5.15. The second kappa shape index (κ2) is 8.81. The number of anilines is 1. The first-order valence-corrected chi connectivity index (χ1v) is 12.1. The van der Waals surface area contributed by atoms with E-state index in [0.29, 0.717) is 29.1 Å². The Hall–Kier alpha value is -2.69. The number of hydrogen-bond acceptors (Lipinski definition) is 7. The Bertz CT molecular complexity index is 1060. The van der Waals surface area contributed by atoms with Crippen molar-refractivity contribution in [2.45, 2.75) is 12.5 Å². The van der Waals surface area contributed by atoms with Gasteiger partial charge >= 0.3 is 0 Å². The quantitative estimate of drug-likeness (QED) is 0.725. The van der Waals surface area contributed by atoms with E-state index in [1.165, 1.54) is 5.01 Å². The number of para-hydroxylation sites is 1. The molecule has 1 atom stereocenters. The van der Waals surface area contributed by atoms with Crippen LogP contribution in [0.3, 0.4) is 0 Å². The summed E-state index contributed by atoms with van der Waals surface area (Å²) in [7, 11) is -1.38. The molecule has 0 bridgehead atoms. The van der Waals surface area contributed by atoms with Crippen LogP contribution < -0.4 is 4.72 Å². The van der Waals surface area contributed by atoms with Crippen molar-refractivity contribution >= 4 is 27.3 Å². The summed E-state index contributed by atoms with van der Waals surface area (Å²) < 4.78 is 31.7. The van der Waals surface area contributed by atoms with Crippen molar-refractivity contribution in [3.05, 3.63) is 54.0 Å². The monoisotopic (exact) mass is 445 g/mol. The number of carbonyl (C=O) groups is 1. The number of amides is 1. The van der Waals surface area contributed by atoms with Gasteiger partial charge in [0.15, 0.2) is 0 Å². The van der Waals surface area contributed by atoms with Crippen LogP contribution in [0.4, 0.5) is 5.69 Å². The minimum Gasteiger partial charge on any atom is -0.467 e. The molecule has 2 aromatic rings. The van der Waals surface area contributed by atoms with Gasteiger partial charge in [-0.2, -0.15) is 5.10 Å². The number of hydrazone groups is 1. The van der Waals surface area contributed by atoms with Gasteiger partial charge in [-0.1, -0.05) is 18.2 Å². The highest BCUT2D eigenvalue weighted by molar-refractivity contribution is 7.92. The van der Waals surface area contributed by atoms with Crippen LogP contribution in [0, 0.1) is 0 Å². The lowest BCUT2D eigenvalue weighted by Gasteiger charge is -2.32. The lowest BCUT2D eigenvalue weighted by atomic mass is 10.0. The van der Waals surface area contributed by atoms with E-state index < -0.39 is 10.0 Å². The summed E-state index contributed by atoms with van der Waals surface area (Å²) >= 11 is 0. The molecule has 0 saturated carbocycles. The zero-order valence-corrected chi connectivity index (χ0v) is 18.5. The molecule has 1 aromatic heterocycles. The molecule has 166 valence electrons. The lowest BCUT2D eigenvalue weighted by molar-refractivity contribution is -0.135. The van der Waals surface area contributed by atoms with Crippen LogP contribution in [0.2, 0.25) is 0 Å². The van der Waals surface area contributed by atoms with Crippen LogP contribution >= 0.6 is 0 Å². The maximum Gasteiger partial charge on any atom is 0.257 e. The van der Waals surface area contributed by atoms with Gasteiger partial charge in [0, 0.05) is 38.2 Å². The molecule has 1 unspecified atom stereocenters. The molecule has 9 nitrogen and oxygen atoms in total. The maximum atomic E-state index is 13.2. The Morgan fingerprint density at radius 3 is 2.58 bits per heavy atom. The largest absolute Gasteiger partial charge is 0.467 e. The SMILES string of the molecule is CN1CCN(CC(=O)N2N=C(c3ccccc3NS(C)(=O)=O)CC2c2ccco2)CC1. The first-order valence-electron chi connectivity index (χ1n) is 10.2. The van der Waals surface area contributed by atoms with E-state index in [1.807, 2.05) is 12.1 Å². The van der Waals surface area contributed by atoms with Crippen molar-refractivity contribution in [2.75, 3.05) is 50.7 Å². The average Bonchev–Trinajstić information content (AvgIpc) is 3.38. The van der Waals surface area contributed by atoms with E-state index in [0.717, 1.165) is 32.4 Å². The van der Waals surface area contributed by atoms with Gasteiger partial charge in [0.2, 0.25) is 10.0 Å². The number of rotatable bonds is 6. The smallest absolute Gasteiger partial charge is 0.257 e. The van der Waals surface area contributed by atoms with Gasteiger partial charge in [0.25, 0.3) is 5.91 Å². The number of likely N-dealkylation sites (N-methyl/N-ethyl adjacent to an activating group) is 1. The zero-order valence-electron chi connectivity index (χ0n) is 17.7. The molecule has 2 aliphatic heterocycles. The van der Waals surface area contributed by atoms with E-state index in [4.69, 9.17) is 4.42 Å². The number of hydrogen-bond donors (Lipinski definition) is 1. The molecule has 3 heterocycles. The summed E-state index contributed by atoms with van der Waals surface area (Å²) in [6, 6.07) is 10.3. The molecule has 0 aliphatic carbocycles. The van der Waals surface area contributed by atoms with Crippen molar-refractivity contribution in [3.8, 4) is 0 Å². The molecule has 0 spiro atoms. The number of furan rings is 1. The number of sulfonamides is 1. The Kier molecular flexibility index (Phi) is 6.12. The minimum absolute atomic E-state index is 0.102. The molecule has 2 aliphatic rings. The van der Waals surface area contributed by atoms with Crippen molar-refractivity contribution in [3.63, 3.8) is 0 Å². The Morgan fingerprint density at radius 1 is 1.16 bits per heavy atom. The van der Waals surface area contributed by atoms with E-state index >= 15 is 0 Å². The number of benzene rings is 1. The molecular formula is C21H27N5O4S. The Balaban J connectivity index is 1.61. The Morgan fingerprint density at radius 2 is 1.90 bits per heavy atom. The summed E-state index contributed by atoms with van der Waals surface area (Å²) in [5.41, 5.74) is 1.73. The molecule has 1 aromatic carbocycles. The highest BCUT2D eigenvalue weighted by Gasteiger charge is 2.36. The first kappa shape index (κ1) is 21.5. The van der Waals surface area contributed by atoms with E-state index in [9.17, 15) is 13.2 Å². The first-order chi connectivity index (χ1) is 14.8. The van der Waals surface area contributed by atoms with Gasteiger partial charge in [-0.25, -0.2) is 13.4 Å². The van der Waals surface area contributed by atoms with Crippen LogP contribution in [0.15, 0.2) is 52.2 Å². The maximum absolute atomic E-state index is 13.2. The number of carbonyl (C=O) groups excluding carboxylic acids is 1. The van der Waals surface area contributed by atoms with Gasteiger partial charge in [-0.05, 0) is 25.2 Å². The predicted molar refractivity (Wildman–Crippen MR) is 118 cm³/mol. The Labute approximate surface area is 182 Å². The second-order valence-electron chi connectivity index (χ2n) is 8.02. The fourth-order valence-electron chi connectivity index (χ4n) is 3.90. The average molecular weight is 446 g/mol. The predicted octanol–water partition coefficient (Wildman–Crippen LogP) is 1.58. The fourth-order valence-corrected chi connectivity index (χ4v) is 4.48. The van der Waals surface area contributed by atoms with Gasteiger partial charge < -0.3 is 9.32 Å². The van der Waals surface area contributed by atoms with Crippen LogP contribution in [0.1, 0.15) is 23.8 Å². The fraction of sp³-hybridized carbons (Fsp3) is 0.429. The van der Waals surface area contributed by atoms with Crippen molar-refractivity contribution in [1.29, 1.82) is 0 Å². The molecular weight excluding hydrogens is 418 g/mol. The molecule has 1 N–H and O–H groups in total. The van der Waals surface area contributed by atoms with Crippen molar-refractivity contribution in [1.82, 2.24) is 14.8 Å². The van der Waals surface area contributed by atoms with Crippen LogP contribution in [-0.2, 0) is 14.8 Å². The van der Waals surface area contributed by atoms with Crippen LogP contribution in [0.5, 0.6) is 0 Å². The molecule has 4 rings (SSSR count).